The van der Waals surface area contributed by atoms with E-state index in [9.17, 15) is 14.4 Å². The van der Waals surface area contributed by atoms with Crippen molar-refractivity contribution in [1.82, 2.24) is 19.7 Å². The van der Waals surface area contributed by atoms with E-state index in [2.05, 4.69) is 29.4 Å². The number of rotatable bonds is 5. The molecular weight excluding hydrogens is 386 g/mol. The summed E-state index contributed by atoms with van der Waals surface area (Å²) in [6.45, 7) is 7.19. The average Bonchev–Trinajstić information content (AvgIpc) is 3.36. The molecule has 0 spiro atoms. The first-order valence-electron chi connectivity index (χ1n) is 10.0. The molecule has 2 amide bonds. The molecule has 30 heavy (non-hydrogen) atoms. The van der Waals surface area contributed by atoms with Crippen molar-refractivity contribution in [1.29, 1.82) is 0 Å². The number of aromatic nitrogens is 3. The Morgan fingerprint density at radius 2 is 2.07 bits per heavy atom. The number of carbonyl (C=O) groups is 3. The molecule has 1 aromatic carbocycles. The Hall–Kier alpha value is -3.23. The fourth-order valence-electron chi connectivity index (χ4n) is 3.69. The molecule has 1 saturated heterocycles. The van der Waals surface area contributed by atoms with E-state index < -0.39 is 17.8 Å². The van der Waals surface area contributed by atoms with E-state index in [1.165, 1.54) is 7.11 Å². The van der Waals surface area contributed by atoms with E-state index in [4.69, 9.17) is 4.74 Å². The summed E-state index contributed by atoms with van der Waals surface area (Å²) in [5.74, 6) is -0.665. The molecule has 0 bridgehead atoms. The minimum Gasteiger partial charge on any atom is -0.465 e. The van der Waals surface area contributed by atoms with Crippen LogP contribution in [0.3, 0.4) is 0 Å². The van der Waals surface area contributed by atoms with Crippen LogP contribution in [-0.4, -0.2) is 51.1 Å². The van der Waals surface area contributed by atoms with Crippen LogP contribution in [0.1, 0.15) is 54.5 Å². The highest BCUT2D eigenvalue weighted by Gasteiger charge is 2.36. The lowest BCUT2D eigenvalue weighted by atomic mass is 10.1. The van der Waals surface area contributed by atoms with E-state index in [0.717, 1.165) is 19.4 Å². The van der Waals surface area contributed by atoms with Crippen LogP contribution in [0.4, 0.5) is 5.69 Å². The molecule has 1 aromatic heterocycles. The third-order valence-corrected chi connectivity index (χ3v) is 5.11. The summed E-state index contributed by atoms with van der Waals surface area (Å²) in [6, 6.07) is 4.48. The first-order valence-corrected chi connectivity index (χ1v) is 10.0. The van der Waals surface area contributed by atoms with E-state index in [1.807, 2.05) is 4.57 Å². The Labute approximate surface area is 175 Å². The van der Waals surface area contributed by atoms with Gasteiger partial charge in [-0.3, -0.25) is 9.59 Å². The van der Waals surface area contributed by atoms with Crippen LogP contribution in [0.5, 0.6) is 0 Å². The van der Waals surface area contributed by atoms with Crippen molar-refractivity contribution in [2.45, 2.75) is 46.2 Å². The maximum absolute atomic E-state index is 12.9. The molecule has 0 aliphatic carbocycles. The van der Waals surface area contributed by atoms with Crippen LogP contribution in [0.25, 0.3) is 0 Å². The van der Waals surface area contributed by atoms with Crippen LogP contribution < -0.4 is 5.32 Å². The van der Waals surface area contributed by atoms with Gasteiger partial charge in [0.2, 0.25) is 0 Å². The predicted octanol–water partition coefficient (Wildman–Crippen LogP) is 2.33. The number of carbonyl (C=O) groups excluding carboxylic acids is 3. The quantitative estimate of drug-likeness (QED) is 0.596. The molecule has 3 rings (SSSR count). The Kier molecular flexibility index (Phi) is 6.49. The molecule has 0 radical (unpaired) electrons. The Bertz CT molecular complexity index is 953. The second-order valence-electron chi connectivity index (χ2n) is 7.87. The molecule has 1 fully saturated rings. The summed E-state index contributed by atoms with van der Waals surface area (Å²) in [4.78, 5) is 38.8. The molecule has 2 aromatic rings. The van der Waals surface area contributed by atoms with E-state index in [0.29, 0.717) is 35.1 Å². The number of anilines is 1. The Morgan fingerprint density at radius 3 is 2.73 bits per heavy atom. The number of esters is 1. The number of ether oxygens (including phenoxy) is 1. The molecule has 0 saturated carbocycles. The highest BCUT2D eigenvalue weighted by Crippen LogP contribution is 2.31. The normalized spacial score (nSPS) is 16.0. The summed E-state index contributed by atoms with van der Waals surface area (Å²) in [6.07, 6.45) is 3.20. The molecule has 1 aliphatic heterocycles. The highest BCUT2D eigenvalue weighted by molar-refractivity contribution is 6.39. The molecular formula is C21H27N5O4. The van der Waals surface area contributed by atoms with Gasteiger partial charge in [0.15, 0.2) is 5.82 Å². The van der Waals surface area contributed by atoms with Crippen molar-refractivity contribution in [2.75, 3.05) is 19.0 Å². The van der Waals surface area contributed by atoms with Gasteiger partial charge in [-0.25, -0.2) is 4.79 Å². The molecule has 1 aliphatic rings. The van der Waals surface area contributed by atoms with Gasteiger partial charge < -0.3 is 19.5 Å². The van der Waals surface area contributed by atoms with E-state index in [-0.39, 0.29) is 6.04 Å². The first-order chi connectivity index (χ1) is 14.3. The number of methoxy groups -OCH3 is 1. The molecule has 2 heterocycles. The first kappa shape index (κ1) is 21.5. The van der Waals surface area contributed by atoms with Gasteiger partial charge in [0, 0.05) is 18.8 Å². The zero-order valence-corrected chi connectivity index (χ0v) is 17.7. The zero-order chi connectivity index (χ0) is 21.8. The number of hydrogen-bond donors (Lipinski definition) is 1. The van der Waals surface area contributed by atoms with Crippen LogP contribution in [0, 0.1) is 12.8 Å². The fourth-order valence-corrected chi connectivity index (χ4v) is 3.69. The van der Waals surface area contributed by atoms with Gasteiger partial charge in [-0.15, -0.1) is 10.2 Å². The summed E-state index contributed by atoms with van der Waals surface area (Å²) in [5.41, 5.74) is 1.51. The summed E-state index contributed by atoms with van der Waals surface area (Å²) in [7, 11) is 1.31. The number of hydrogen-bond acceptors (Lipinski definition) is 6. The molecule has 9 nitrogen and oxygen atoms in total. The second kappa shape index (κ2) is 9.06. The molecule has 1 atom stereocenters. The van der Waals surface area contributed by atoms with Crippen LogP contribution >= 0.6 is 0 Å². The van der Waals surface area contributed by atoms with Crippen molar-refractivity contribution >= 4 is 23.5 Å². The number of nitrogens with one attached hydrogen (secondary N) is 1. The standard InChI is InChI=1S/C21H27N5O4/c1-13(2)11-25-12-22-24-18(25)17-6-5-9-26(17)20(28)19(27)23-16-8-7-15(10-14(16)3)21(29)30-4/h7-8,10,12-13,17H,5-6,9,11H2,1-4H3,(H,23,27). The fraction of sp³-hybridized carbons (Fsp3) is 0.476. The van der Waals surface area contributed by atoms with Gasteiger partial charge >= 0.3 is 17.8 Å². The van der Waals surface area contributed by atoms with Gasteiger partial charge in [-0.05, 0) is 49.4 Å². The average molecular weight is 413 g/mol. The topological polar surface area (TPSA) is 106 Å². The molecule has 160 valence electrons. The lowest BCUT2D eigenvalue weighted by molar-refractivity contribution is -0.143. The summed E-state index contributed by atoms with van der Waals surface area (Å²) in [5, 5.41) is 10.9. The zero-order valence-electron chi connectivity index (χ0n) is 17.7. The third-order valence-electron chi connectivity index (χ3n) is 5.11. The van der Waals surface area contributed by atoms with Crippen LogP contribution in [0.2, 0.25) is 0 Å². The molecule has 9 heteroatoms. The highest BCUT2D eigenvalue weighted by atomic mass is 16.5. The molecule has 1 N–H and O–H groups in total. The lowest BCUT2D eigenvalue weighted by Crippen LogP contribution is -2.40. The van der Waals surface area contributed by atoms with Crippen molar-refractivity contribution in [3.8, 4) is 0 Å². The van der Waals surface area contributed by atoms with Gasteiger partial charge in [0.25, 0.3) is 0 Å². The Balaban J connectivity index is 1.74. The summed E-state index contributed by atoms with van der Waals surface area (Å²) < 4.78 is 6.65. The van der Waals surface area contributed by atoms with E-state index >= 15 is 0 Å². The largest absolute Gasteiger partial charge is 0.465 e. The third kappa shape index (κ3) is 4.50. The summed E-state index contributed by atoms with van der Waals surface area (Å²) >= 11 is 0. The maximum atomic E-state index is 12.9. The van der Waals surface area contributed by atoms with Crippen LogP contribution in [-0.2, 0) is 20.9 Å². The smallest absolute Gasteiger partial charge is 0.337 e. The maximum Gasteiger partial charge on any atom is 0.337 e. The van der Waals surface area contributed by atoms with E-state index in [1.54, 1.807) is 36.4 Å². The SMILES string of the molecule is COC(=O)c1ccc(NC(=O)C(=O)N2CCCC2c2nncn2CC(C)C)c(C)c1. The number of nitrogens with zero attached hydrogens (tertiary/aromatic N) is 4. The number of benzene rings is 1. The minimum absolute atomic E-state index is 0.271. The molecule has 1 unspecified atom stereocenters. The number of likely N-dealkylation sites (tertiary alicyclic amines) is 1. The van der Waals surface area contributed by atoms with Crippen molar-refractivity contribution in [3.63, 3.8) is 0 Å². The van der Waals surface area contributed by atoms with Crippen LogP contribution in [0.15, 0.2) is 24.5 Å². The number of aryl methyl sites for hydroxylation is 1. The van der Waals surface area contributed by atoms with Crippen molar-refractivity contribution in [3.05, 3.63) is 41.5 Å². The van der Waals surface area contributed by atoms with Gasteiger partial charge in [-0.2, -0.15) is 0 Å². The minimum atomic E-state index is -0.717. The van der Waals surface area contributed by atoms with Gasteiger partial charge in [-0.1, -0.05) is 13.8 Å². The van der Waals surface area contributed by atoms with Gasteiger partial charge in [0.05, 0.1) is 18.7 Å². The second-order valence-corrected chi connectivity index (χ2v) is 7.87. The van der Waals surface area contributed by atoms with Gasteiger partial charge in [0.1, 0.15) is 6.33 Å². The number of amides is 2. The lowest BCUT2D eigenvalue weighted by Gasteiger charge is -2.24. The van der Waals surface area contributed by atoms with Crippen molar-refractivity contribution < 1.29 is 19.1 Å². The van der Waals surface area contributed by atoms with Crippen molar-refractivity contribution in [2.24, 2.45) is 5.92 Å². The Morgan fingerprint density at radius 1 is 1.30 bits per heavy atom. The predicted molar refractivity (Wildman–Crippen MR) is 110 cm³/mol. The monoisotopic (exact) mass is 413 g/mol.